The zero-order valence-electron chi connectivity index (χ0n) is 16.9. The molecule has 0 atom stereocenters. The van der Waals surface area contributed by atoms with Gasteiger partial charge in [0.1, 0.15) is 0 Å². The summed E-state index contributed by atoms with van der Waals surface area (Å²) in [5.74, 6) is -0.287. The molecule has 138 valence electrons. The van der Waals surface area contributed by atoms with Gasteiger partial charge in [0.05, 0.1) is 12.7 Å². The molecule has 0 heterocycles. The van der Waals surface area contributed by atoms with Crippen LogP contribution in [0.2, 0.25) is 0 Å². The van der Waals surface area contributed by atoms with Gasteiger partial charge in [0.15, 0.2) is 0 Å². The molecule has 2 aromatic carbocycles. The number of carbonyl (C=O) groups excluding carboxylic acids is 1. The van der Waals surface area contributed by atoms with Crippen molar-refractivity contribution in [2.75, 3.05) is 7.11 Å². The summed E-state index contributed by atoms with van der Waals surface area (Å²) in [4.78, 5) is 11.6. The summed E-state index contributed by atoms with van der Waals surface area (Å²) in [6.45, 7) is 11.7. The summed E-state index contributed by atoms with van der Waals surface area (Å²) in [6.07, 6.45) is 3.35. The van der Waals surface area contributed by atoms with Crippen LogP contribution in [0, 0.1) is 6.92 Å². The molecular weight excluding hydrogens is 320 g/mol. The Morgan fingerprint density at radius 1 is 0.962 bits per heavy atom. The number of rotatable bonds is 3. The van der Waals surface area contributed by atoms with E-state index in [1.807, 2.05) is 24.3 Å². The Labute approximate surface area is 157 Å². The van der Waals surface area contributed by atoms with E-state index in [1.54, 1.807) is 0 Å². The number of ether oxygens (including phenoxy) is 1. The molecule has 0 N–H and O–H groups in total. The van der Waals surface area contributed by atoms with Crippen molar-refractivity contribution in [2.24, 2.45) is 0 Å². The Balaban J connectivity index is 1.96. The van der Waals surface area contributed by atoms with Crippen molar-refractivity contribution in [2.45, 2.75) is 64.7 Å². The standard InChI is InChI=1S/C24H30O2/c1-16-13-20-21(24(4,5)12-11-23(20,2)3)15-19(16)14-17-7-9-18(10-8-17)22(25)26-6/h7-10,13,15H,11-12,14H2,1-6H3. The number of hydrogen-bond donors (Lipinski definition) is 0. The molecule has 0 fully saturated rings. The van der Waals surface area contributed by atoms with Gasteiger partial charge in [-0.15, -0.1) is 0 Å². The first-order valence-corrected chi connectivity index (χ1v) is 9.46. The molecule has 26 heavy (non-hydrogen) atoms. The second-order valence-corrected chi connectivity index (χ2v) is 8.96. The average molecular weight is 351 g/mol. The van der Waals surface area contributed by atoms with Gasteiger partial charge in [0, 0.05) is 0 Å². The third kappa shape index (κ3) is 3.42. The molecule has 2 heteroatoms. The lowest BCUT2D eigenvalue weighted by Gasteiger charge is -2.42. The first-order chi connectivity index (χ1) is 12.1. The number of fused-ring (bicyclic) bond motifs is 1. The van der Waals surface area contributed by atoms with Crippen molar-refractivity contribution in [3.05, 3.63) is 69.8 Å². The van der Waals surface area contributed by atoms with Gasteiger partial charge in [-0.2, -0.15) is 0 Å². The molecule has 0 unspecified atom stereocenters. The lowest BCUT2D eigenvalue weighted by atomic mass is 9.62. The fourth-order valence-corrected chi connectivity index (χ4v) is 4.05. The largest absolute Gasteiger partial charge is 0.465 e. The van der Waals surface area contributed by atoms with Gasteiger partial charge in [-0.05, 0) is 77.0 Å². The first kappa shape index (κ1) is 18.7. The molecule has 0 aliphatic heterocycles. The lowest BCUT2D eigenvalue weighted by molar-refractivity contribution is 0.0600. The van der Waals surface area contributed by atoms with Crippen molar-refractivity contribution < 1.29 is 9.53 Å². The molecule has 2 aromatic rings. The van der Waals surface area contributed by atoms with Crippen molar-refractivity contribution in [1.82, 2.24) is 0 Å². The fourth-order valence-electron chi connectivity index (χ4n) is 4.05. The summed E-state index contributed by atoms with van der Waals surface area (Å²) < 4.78 is 4.78. The van der Waals surface area contributed by atoms with Gasteiger partial charge in [-0.3, -0.25) is 0 Å². The fraction of sp³-hybridized carbons (Fsp3) is 0.458. The van der Waals surface area contributed by atoms with E-state index in [0.29, 0.717) is 5.56 Å². The number of aryl methyl sites for hydroxylation is 1. The minimum atomic E-state index is -0.287. The summed E-state index contributed by atoms with van der Waals surface area (Å²) in [6, 6.07) is 12.6. The van der Waals surface area contributed by atoms with Crippen molar-refractivity contribution in [3.63, 3.8) is 0 Å². The molecule has 2 nitrogen and oxygen atoms in total. The van der Waals surface area contributed by atoms with E-state index >= 15 is 0 Å². The number of hydrogen-bond acceptors (Lipinski definition) is 2. The normalized spacial score (nSPS) is 17.5. The molecule has 0 saturated carbocycles. The Hall–Kier alpha value is -2.09. The average Bonchev–Trinajstić information content (AvgIpc) is 2.60. The van der Waals surface area contributed by atoms with E-state index in [0.717, 1.165) is 6.42 Å². The van der Waals surface area contributed by atoms with E-state index in [-0.39, 0.29) is 16.8 Å². The minimum absolute atomic E-state index is 0.224. The first-order valence-electron chi connectivity index (χ1n) is 9.46. The number of esters is 1. The van der Waals surface area contributed by atoms with Gasteiger partial charge >= 0.3 is 5.97 Å². The monoisotopic (exact) mass is 350 g/mol. The topological polar surface area (TPSA) is 26.3 Å². The molecule has 1 aliphatic rings. The Morgan fingerprint density at radius 2 is 1.50 bits per heavy atom. The molecule has 0 radical (unpaired) electrons. The highest BCUT2D eigenvalue weighted by atomic mass is 16.5. The maximum absolute atomic E-state index is 11.6. The van der Waals surface area contributed by atoms with Crippen LogP contribution in [0.5, 0.6) is 0 Å². The van der Waals surface area contributed by atoms with E-state index in [4.69, 9.17) is 4.74 Å². The van der Waals surface area contributed by atoms with Crippen molar-refractivity contribution in [3.8, 4) is 0 Å². The lowest BCUT2D eigenvalue weighted by Crippen LogP contribution is -2.34. The van der Waals surface area contributed by atoms with Crippen LogP contribution >= 0.6 is 0 Å². The van der Waals surface area contributed by atoms with Gasteiger partial charge in [-0.25, -0.2) is 4.79 Å². The van der Waals surface area contributed by atoms with Gasteiger partial charge in [0.25, 0.3) is 0 Å². The van der Waals surface area contributed by atoms with Crippen LogP contribution in [-0.4, -0.2) is 13.1 Å². The van der Waals surface area contributed by atoms with Crippen molar-refractivity contribution in [1.29, 1.82) is 0 Å². The highest BCUT2D eigenvalue weighted by molar-refractivity contribution is 5.89. The van der Waals surface area contributed by atoms with Gasteiger partial charge in [-0.1, -0.05) is 52.0 Å². The molecule has 0 saturated heterocycles. The van der Waals surface area contributed by atoms with Crippen LogP contribution in [0.25, 0.3) is 0 Å². The summed E-state index contributed by atoms with van der Waals surface area (Å²) in [5.41, 5.74) is 8.02. The van der Waals surface area contributed by atoms with Gasteiger partial charge in [0.2, 0.25) is 0 Å². The predicted molar refractivity (Wildman–Crippen MR) is 107 cm³/mol. The Kier molecular flexibility index (Phi) is 4.72. The maximum Gasteiger partial charge on any atom is 0.337 e. The van der Waals surface area contributed by atoms with E-state index in [9.17, 15) is 4.79 Å². The third-order valence-corrected chi connectivity index (χ3v) is 6.08. The van der Waals surface area contributed by atoms with Crippen LogP contribution in [0.3, 0.4) is 0 Å². The molecule has 0 aromatic heterocycles. The summed E-state index contributed by atoms with van der Waals surface area (Å²) in [7, 11) is 1.41. The zero-order chi connectivity index (χ0) is 19.1. The molecule has 0 bridgehead atoms. The molecule has 1 aliphatic carbocycles. The van der Waals surface area contributed by atoms with Crippen LogP contribution in [-0.2, 0) is 22.0 Å². The number of benzene rings is 2. The van der Waals surface area contributed by atoms with Gasteiger partial charge < -0.3 is 4.74 Å². The smallest absolute Gasteiger partial charge is 0.337 e. The Bertz CT molecular complexity index is 826. The SMILES string of the molecule is COC(=O)c1ccc(Cc2cc3c(cc2C)C(C)(C)CCC3(C)C)cc1. The van der Waals surface area contributed by atoms with Crippen LogP contribution in [0.15, 0.2) is 36.4 Å². The maximum atomic E-state index is 11.6. The van der Waals surface area contributed by atoms with E-state index in [1.165, 1.54) is 47.8 Å². The van der Waals surface area contributed by atoms with Crippen LogP contribution in [0.1, 0.15) is 78.7 Å². The van der Waals surface area contributed by atoms with Crippen LogP contribution in [0.4, 0.5) is 0 Å². The second-order valence-electron chi connectivity index (χ2n) is 8.96. The minimum Gasteiger partial charge on any atom is -0.465 e. The molecule has 3 rings (SSSR count). The quantitative estimate of drug-likeness (QED) is 0.662. The molecular formula is C24H30O2. The molecule has 0 spiro atoms. The molecule has 0 amide bonds. The Morgan fingerprint density at radius 3 is 2.04 bits per heavy atom. The third-order valence-electron chi connectivity index (χ3n) is 6.08. The second kappa shape index (κ2) is 6.57. The predicted octanol–water partition coefficient (Wildman–Crippen LogP) is 5.72. The van der Waals surface area contributed by atoms with E-state index in [2.05, 4.69) is 46.8 Å². The van der Waals surface area contributed by atoms with E-state index < -0.39 is 0 Å². The number of carbonyl (C=O) groups is 1. The number of methoxy groups -OCH3 is 1. The zero-order valence-corrected chi connectivity index (χ0v) is 16.9. The highest BCUT2D eigenvalue weighted by Gasteiger charge is 2.37. The summed E-state index contributed by atoms with van der Waals surface area (Å²) in [5, 5.41) is 0. The summed E-state index contributed by atoms with van der Waals surface area (Å²) >= 11 is 0. The van der Waals surface area contributed by atoms with Crippen molar-refractivity contribution >= 4 is 5.97 Å². The van der Waals surface area contributed by atoms with Crippen LogP contribution < -0.4 is 0 Å². The highest BCUT2D eigenvalue weighted by Crippen LogP contribution is 2.46.